The molecule has 3 aromatic heterocycles. The first-order valence-corrected chi connectivity index (χ1v) is 7.28. The molecule has 0 saturated heterocycles. The zero-order valence-corrected chi connectivity index (χ0v) is 12.4. The SMILES string of the molecule is O=C(NCc1nnc2ccccn12)c1n[nH]c(=O)c2ccccc12. The van der Waals surface area contributed by atoms with E-state index >= 15 is 0 Å². The molecule has 8 heteroatoms. The van der Waals surface area contributed by atoms with Gasteiger partial charge in [-0.1, -0.05) is 24.3 Å². The van der Waals surface area contributed by atoms with Crippen LogP contribution in [0.3, 0.4) is 0 Å². The highest BCUT2D eigenvalue weighted by atomic mass is 16.2. The lowest BCUT2D eigenvalue weighted by Gasteiger charge is -2.06. The third-order valence-electron chi connectivity index (χ3n) is 3.70. The lowest BCUT2D eigenvalue weighted by Crippen LogP contribution is -2.27. The van der Waals surface area contributed by atoms with Gasteiger partial charge in [0.2, 0.25) is 0 Å². The van der Waals surface area contributed by atoms with Crippen molar-refractivity contribution in [3.8, 4) is 0 Å². The fourth-order valence-electron chi connectivity index (χ4n) is 2.54. The number of H-pyrrole nitrogens is 1. The quantitative estimate of drug-likeness (QED) is 0.583. The van der Waals surface area contributed by atoms with E-state index in [1.54, 1.807) is 28.7 Å². The second kappa shape index (κ2) is 5.58. The molecule has 0 unspecified atom stereocenters. The molecule has 0 atom stereocenters. The van der Waals surface area contributed by atoms with Gasteiger partial charge in [-0.15, -0.1) is 10.2 Å². The van der Waals surface area contributed by atoms with Crippen molar-refractivity contribution in [2.45, 2.75) is 6.54 Å². The van der Waals surface area contributed by atoms with Crippen molar-refractivity contribution >= 4 is 22.3 Å². The third-order valence-corrected chi connectivity index (χ3v) is 3.70. The predicted octanol–water partition coefficient (Wildman–Crippen LogP) is 0.896. The molecule has 0 radical (unpaired) electrons. The summed E-state index contributed by atoms with van der Waals surface area (Å²) in [4.78, 5) is 24.2. The fourth-order valence-corrected chi connectivity index (χ4v) is 2.54. The summed E-state index contributed by atoms with van der Waals surface area (Å²) in [6.07, 6.45) is 1.82. The number of pyridine rings is 1. The van der Waals surface area contributed by atoms with Crippen molar-refractivity contribution in [2.75, 3.05) is 0 Å². The number of nitrogens with one attached hydrogen (secondary N) is 2. The summed E-state index contributed by atoms with van der Waals surface area (Å²) >= 11 is 0. The summed E-state index contributed by atoms with van der Waals surface area (Å²) in [6, 6.07) is 12.4. The molecule has 4 rings (SSSR count). The number of amides is 1. The average molecular weight is 320 g/mol. The Balaban J connectivity index is 1.63. The molecular weight excluding hydrogens is 308 g/mol. The average Bonchev–Trinajstić information content (AvgIpc) is 3.03. The standard InChI is InChI=1S/C16H12N6O2/c23-15-11-6-2-1-5-10(11)14(20-21-15)16(24)17-9-13-19-18-12-7-3-4-8-22(12)13/h1-8H,9H2,(H,17,24)(H,21,23). The maximum absolute atomic E-state index is 12.4. The van der Waals surface area contributed by atoms with Crippen LogP contribution in [0.4, 0.5) is 0 Å². The van der Waals surface area contributed by atoms with Gasteiger partial charge >= 0.3 is 0 Å². The minimum atomic E-state index is -0.393. The molecule has 0 saturated carbocycles. The molecular formula is C16H12N6O2. The van der Waals surface area contributed by atoms with E-state index in [-0.39, 0.29) is 17.8 Å². The molecule has 0 spiro atoms. The van der Waals surface area contributed by atoms with Crippen LogP contribution in [0.1, 0.15) is 16.3 Å². The largest absolute Gasteiger partial charge is 0.343 e. The molecule has 0 aliphatic rings. The Labute approximate surface area is 135 Å². The normalized spacial score (nSPS) is 11.0. The van der Waals surface area contributed by atoms with E-state index in [1.165, 1.54) is 0 Å². The van der Waals surface area contributed by atoms with Gasteiger partial charge in [-0.2, -0.15) is 5.10 Å². The lowest BCUT2D eigenvalue weighted by atomic mass is 10.1. The smallest absolute Gasteiger partial charge is 0.272 e. The number of fused-ring (bicyclic) bond motifs is 2. The van der Waals surface area contributed by atoms with Crippen LogP contribution in [-0.2, 0) is 6.54 Å². The minimum absolute atomic E-state index is 0.166. The highest BCUT2D eigenvalue weighted by Crippen LogP contribution is 2.12. The number of rotatable bonds is 3. The number of hydrogen-bond donors (Lipinski definition) is 2. The molecule has 0 fully saturated rings. The first-order chi connectivity index (χ1) is 11.7. The van der Waals surface area contributed by atoms with Crippen molar-refractivity contribution in [1.29, 1.82) is 0 Å². The van der Waals surface area contributed by atoms with Crippen LogP contribution in [0.2, 0.25) is 0 Å². The molecule has 1 amide bonds. The fraction of sp³-hybridized carbons (Fsp3) is 0.0625. The summed E-state index contributed by atoms with van der Waals surface area (Å²) in [5.41, 5.74) is 0.541. The van der Waals surface area contributed by atoms with Gasteiger partial charge in [-0.25, -0.2) is 5.10 Å². The van der Waals surface area contributed by atoms with E-state index in [9.17, 15) is 9.59 Å². The van der Waals surface area contributed by atoms with Crippen LogP contribution in [0.5, 0.6) is 0 Å². The number of carbonyl (C=O) groups excluding carboxylic acids is 1. The van der Waals surface area contributed by atoms with E-state index in [1.807, 2.05) is 24.4 Å². The Hall–Kier alpha value is -3.55. The van der Waals surface area contributed by atoms with Crippen molar-refractivity contribution in [3.63, 3.8) is 0 Å². The zero-order valence-electron chi connectivity index (χ0n) is 12.4. The molecule has 0 aliphatic carbocycles. The van der Waals surface area contributed by atoms with Crippen LogP contribution in [-0.4, -0.2) is 30.7 Å². The van der Waals surface area contributed by atoms with E-state index in [4.69, 9.17) is 0 Å². The first kappa shape index (κ1) is 14.1. The molecule has 0 bridgehead atoms. The second-order valence-electron chi connectivity index (χ2n) is 5.17. The van der Waals surface area contributed by atoms with Gasteiger partial charge in [-0.3, -0.25) is 14.0 Å². The topological polar surface area (TPSA) is 105 Å². The van der Waals surface area contributed by atoms with Crippen molar-refractivity contribution in [2.24, 2.45) is 0 Å². The van der Waals surface area contributed by atoms with Gasteiger partial charge in [0.05, 0.1) is 11.9 Å². The molecule has 2 N–H and O–H groups in total. The summed E-state index contributed by atoms with van der Waals surface area (Å²) in [5.74, 6) is 0.211. The predicted molar refractivity (Wildman–Crippen MR) is 86.5 cm³/mol. The van der Waals surface area contributed by atoms with Crippen LogP contribution < -0.4 is 10.9 Å². The molecule has 1 aromatic carbocycles. The van der Waals surface area contributed by atoms with Crippen molar-refractivity contribution in [1.82, 2.24) is 30.1 Å². The summed E-state index contributed by atoms with van der Waals surface area (Å²) in [5, 5.41) is 18.0. The number of aromatic amines is 1. The van der Waals surface area contributed by atoms with Gasteiger partial charge in [0, 0.05) is 11.6 Å². The van der Waals surface area contributed by atoms with Crippen LogP contribution >= 0.6 is 0 Å². The first-order valence-electron chi connectivity index (χ1n) is 7.28. The van der Waals surface area contributed by atoms with Crippen molar-refractivity contribution < 1.29 is 4.79 Å². The monoisotopic (exact) mass is 320 g/mol. The van der Waals surface area contributed by atoms with Gasteiger partial charge < -0.3 is 5.32 Å². The number of hydrogen-bond acceptors (Lipinski definition) is 5. The maximum atomic E-state index is 12.4. The van der Waals surface area contributed by atoms with E-state index < -0.39 is 5.91 Å². The van der Waals surface area contributed by atoms with Crippen LogP contribution in [0, 0.1) is 0 Å². The molecule has 0 aliphatic heterocycles. The van der Waals surface area contributed by atoms with Gasteiger partial charge in [0.25, 0.3) is 11.5 Å². The van der Waals surface area contributed by atoms with Gasteiger partial charge in [-0.05, 0) is 18.2 Å². The highest BCUT2D eigenvalue weighted by Gasteiger charge is 2.14. The summed E-state index contributed by atoms with van der Waals surface area (Å²) < 4.78 is 1.79. The molecule has 3 heterocycles. The Bertz CT molecular complexity index is 1110. The third kappa shape index (κ3) is 2.30. The lowest BCUT2D eigenvalue weighted by molar-refractivity contribution is 0.0945. The Kier molecular flexibility index (Phi) is 3.27. The number of aromatic nitrogens is 5. The maximum Gasteiger partial charge on any atom is 0.272 e. The Morgan fingerprint density at radius 2 is 1.88 bits per heavy atom. The molecule has 8 nitrogen and oxygen atoms in total. The molecule has 24 heavy (non-hydrogen) atoms. The van der Waals surface area contributed by atoms with E-state index in [0.29, 0.717) is 22.2 Å². The second-order valence-corrected chi connectivity index (χ2v) is 5.17. The molecule has 4 aromatic rings. The Morgan fingerprint density at radius 1 is 1.08 bits per heavy atom. The Morgan fingerprint density at radius 3 is 2.75 bits per heavy atom. The molecule has 118 valence electrons. The number of carbonyl (C=O) groups is 1. The number of nitrogens with zero attached hydrogens (tertiary/aromatic N) is 4. The zero-order chi connectivity index (χ0) is 16.5. The summed E-state index contributed by atoms with van der Waals surface area (Å²) in [6.45, 7) is 0.194. The summed E-state index contributed by atoms with van der Waals surface area (Å²) in [7, 11) is 0. The van der Waals surface area contributed by atoms with E-state index in [2.05, 4.69) is 25.7 Å². The van der Waals surface area contributed by atoms with Crippen molar-refractivity contribution in [3.05, 3.63) is 70.5 Å². The van der Waals surface area contributed by atoms with Gasteiger partial charge in [0.1, 0.15) is 0 Å². The van der Waals surface area contributed by atoms with Crippen LogP contribution in [0.25, 0.3) is 16.4 Å². The number of benzene rings is 1. The van der Waals surface area contributed by atoms with E-state index in [0.717, 1.165) is 0 Å². The highest BCUT2D eigenvalue weighted by molar-refractivity contribution is 6.04. The van der Waals surface area contributed by atoms with Gasteiger partial charge in [0.15, 0.2) is 17.2 Å². The van der Waals surface area contributed by atoms with Crippen LogP contribution in [0.15, 0.2) is 53.5 Å². The minimum Gasteiger partial charge on any atom is -0.343 e.